The fraction of sp³-hybridized carbons (Fsp3) is 0.267. The van der Waals surface area contributed by atoms with Crippen LogP contribution in [0.3, 0.4) is 0 Å². The Bertz CT molecular complexity index is 621. The number of nitrogens with one attached hydrogen (secondary N) is 1. The Kier molecular flexibility index (Phi) is 4.42. The van der Waals surface area contributed by atoms with Crippen molar-refractivity contribution in [2.24, 2.45) is 5.84 Å². The summed E-state index contributed by atoms with van der Waals surface area (Å²) in [6.07, 6.45) is 0. The Morgan fingerprint density at radius 1 is 1.35 bits per heavy atom. The SMILES string of the molecule is Cc1ccccc1N(C)Cc1cc(C(=O)NN)sc1C. The van der Waals surface area contributed by atoms with Crippen molar-refractivity contribution in [2.75, 3.05) is 11.9 Å². The van der Waals surface area contributed by atoms with E-state index in [1.165, 1.54) is 22.6 Å². The molecule has 0 unspecified atom stereocenters. The molecule has 0 aliphatic rings. The molecule has 1 amide bonds. The fourth-order valence-corrected chi connectivity index (χ4v) is 3.13. The van der Waals surface area contributed by atoms with Gasteiger partial charge in [0.25, 0.3) is 5.91 Å². The van der Waals surface area contributed by atoms with Crippen molar-refractivity contribution in [3.63, 3.8) is 0 Å². The van der Waals surface area contributed by atoms with Crippen LogP contribution in [0.1, 0.15) is 25.7 Å². The molecule has 106 valence electrons. The Morgan fingerprint density at radius 3 is 2.70 bits per heavy atom. The van der Waals surface area contributed by atoms with E-state index in [0.717, 1.165) is 17.0 Å². The van der Waals surface area contributed by atoms with Crippen molar-refractivity contribution in [3.8, 4) is 0 Å². The van der Waals surface area contributed by atoms with E-state index in [4.69, 9.17) is 5.84 Å². The number of anilines is 1. The molecule has 1 heterocycles. The van der Waals surface area contributed by atoms with Crippen molar-refractivity contribution in [2.45, 2.75) is 20.4 Å². The van der Waals surface area contributed by atoms with Crippen LogP contribution >= 0.6 is 11.3 Å². The summed E-state index contributed by atoms with van der Waals surface area (Å²) in [5, 5.41) is 0. The molecular weight excluding hydrogens is 270 g/mol. The normalized spacial score (nSPS) is 10.4. The third kappa shape index (κ3) is 3.00. The number of nitrogens with two attached hydrogens (primary N) is 1. The summed E-state index contributed by atoms with van der Waals surface area (Å²) in [4.78, 5) is 15.5. The van der Waals surface area contributed by atoms with Gasteiger partial charge < -0.3 is 4.90 Å². The summed E-state index contributed by atoms with van der Waals surface area (Å²) >= 11 is 1.47. The van der Waals surface area contributed by atoms with Gasteiger partial charge >= 0.3 is 0 Å². The van der Waals surface area contributed by atoms with E-state index in [9.17, 15) is 4.79 Å². The Balaban J connectivity index is 2.20. The van der Waals surface area contributed by atoms with Gasteiger partial charge in [-0.3, -0.25) is 10.2 Å². The van der Waals surface area contributed by atoms with E-state index in [1.807, 2.05) is 25.1 Å². The van der Waals surface area contributed by atoms with Gasteiger partial charge in [-0.2, -0.15) is 0 Å². The molecule has 20 heavy (non-hydrogen) atoms. The first-order chi connectivity index (χ1) is 9.52. The minimum absolute atomic E-state index is 0.233. The average Bonchev–Trinajstić information content (AvgIpc) is 2.79. The molecule has 3 N–H and O–H groups in total. The Morgan fingerprint density at radius 2 is 2.05 bits per heavy atom. The summed E-state index contributed by atoms with van der Waals surface area (Å²) in [5.41, 5.74) is 5.76. The van der Waals surface area contributed by atoms with Crippen molar-refractivity contribution in [1.29, 1.82) is 0 Å². The van der Waals surface area contributed by atoms with Gasteiger partial charge in [0.15, 0.2) is 0 Å². The number of para-hydroxylation sites is 1. The largest absolute Gasteiger partial charge is 0.370 e. The number of hydrogen-bond acceptors (Lipinski definition) is 4. The van der Waals surface area contributed by atoms with Crippen LogP contribution in [0.4, 0.5) is 5.69 Å². The molecule has 0 atom stereocenters. The molecule has 0 radical (unpaired) electrons. The number of hydrogen-bond donors (Lipinski definition) is 2. The summed E-state index contributed by atoms with van der Waals surface area (Å²) in [6, 6.07) is 10.2. The first-order valence-corrected chi connectivity index (χ1v) is 7.21. The molecule has 0 saturated heterocycles. The minimum Gasteiger partial charge on any atom is -0.370 e. The number of hydrazine groups is 1. The fourth-order valence-electron chi connectivity index (χ4n) is 2.19. The van der Waals surface area contributed by atoms with E-state index in [1.54, 1.807) is 0 Å². The lowest BCUT2D eigenvalue weighted by Gasteiger charge is -2.21. The van der Waals surface area contributed by atoms with Gasteiger partial charge in [0.1, 0.15) is 0 Å². The van der Waals surface area contributed by atoms with Gasteiger partial charge in [-0.05, 0) is 37.1 Å². The zero-order valence-corrected chi connectivity index (χ0v) is 12.8. The number of nitrogens with zero attached hydrogens (tertiary/aromatic N) is 1. The Labute approximate surface area is 123 Å². The van der Waals surface area contributed by atoms with Crippen molar-refractivity contribution >= 4 is 22.9 Å². The Hall–Kier alpha value is -1.85. The summed E-state index contributed by atoms with van der Waals surface area (Å²) in [7, 11) is 2.06. The first kappa shape index (κ1) is 14.6. The number of nitrogen functional groups attached to an aromatic ring is 1. The van der Waals surface area contributed by atoms with Gasteiger partial charge in [-0.1, -0.05) is 18.2 Å². The topological polar surface area (TPSA) is 58.4 Å². The third-order valence-electron chi connectivity index (χ3n) is 3.31. The maximum atomic E-state index is 11.5. The molecule has 2 aromatic rings. The van der Waals surface area contributed by atoms with E-state index >= 15 is 0 Å². The first-order valence-electron chi connectivity index (χ1n) is 6.40. The summed E-state index contributed by atoms with van der Waals surface area (Å²) in [5.74, 6) is 4.94. The van der Waals surface area contributed by atoms with Gasteiger partial charge in [-0.15, -0.1) is 11.3 Å². The van der Waals surface area contributed by atoms with E-state index in [-0.39, 0.29) is 5.91 Å². The molecule has 1 aromatic heterocycles. The molecule has 0 saturated carbocycles. The van der Waals surface area contributed by atoms with Crippen molar-refractivity contribution < 1.29 is 4.79 Å². The second-order valence-corrected chi connectivity index (χ2v) is 6.06. The quantitative estimate of drug-likeness (QED) is 0.517. The van der Waals surface area contributed by atoms with Crippen LogP contribution in [-0.2, 0) is 6.54 Å². The maximum Gasteiger partial charge on any atom is 0.275 e. The van der Waals surface area contributed by atoms with Crippen LogP contribution < -0.4 is 16.2 Å². The number of carbonyl (C=O) groups is 1. The molecule has 0 fully saturated rings. The molecule has 5 heteroatoms. The highest BCUT2D eigenvalue weighted by atomic mass is 32.1. The van der Waals surface area contributed by atoms with E-state index in [0.29, 0.717) is 4.88 Å². The second kappa shape index (κ2) is 6.07. The van der Waals surface area contributed by atoms with Crippen LogP contribution in [0.15, 0.2) is 30.3 Å². The molecular formula is C15H19N3OS. The lowest BCUT2D eigenvalue weighted by Crippen LogP contribution is -2.29. The number of benzene rings is 1. The zero-order chi connectivity index (χ0) is 14.7. The lowest BCUT2D eigenvalue weighted by atomic mass is 10.1. The van der Waals surface area contributed by atoms with E-state index in [2.05, 4.69) is 36.4 Å². The van der Waals surface area contributed by atoms with Crippen molar-refractivity contribution in [3.05, 3.63) is 51.2 Å². The summed E-state index contributed by atoms with van der Waals surface area (Å²) in [6.45, 7) is 4.89. The number of rotatable bonds is 4. The second-order valence-electron chi connectivity index (χ2n) is 4.81. The molecule has 0 aliphatic heterocycles. The van der Waals surface area contributed by atoms with Crippen LogP contribution in [0, 0.1) is 13.8 Å². The molecule has 1 aromatic carbocycles. The predicted molar refractivity (Wildman–Crippen MR) is 84.0 cm³/mol. The average molecular weight is 289 g/mol. The molecule has 2 rings (SSSR count). The van der Waals surface area contributed by atoms with Gasteiger partial charge in [-0.25, -0.2) is 5.84 Å². The zero-order valence-electron chi connectivity index (χ0n) is 11.9. The highest BCUT2D eigenvalue weighted by Gasteiger charge is 2.13. The number of amides is 1. The smallest absolute Gasteiger partial charge is 0.275 e. The highest BCUT2D eigenvalue weighted by molar-refractivity contribution is 7.14. The predicted octanol–water partition coefficient (Wildman–Crippen LogP) is 2.60. The van der Waals surface area contributed by atoms with Gasteiger partial charge in [0.2, 0.25) is 0 Å². The van der Waals surface area contributed by atoms with Crippen LogP contribution in [0.25, 0.3) is 0 Å². The molecule has 4 nitrogen and oxygen atoms in total. The van der Waals surface area contributed by atoms with Gasteiger partial charge in [0.05, 0.1) is 4.88 Å². The maximum absolute atomic E-state index is 11.5. The lowest BCUT2D eigenvalue weighted by molar-refractivity contribution is 0.0957. The number of thiophene rings is 1. The molecule has 0 spiro atoms. The number of aryl methyl sites for hydroxylation is 2. The minimum atomic E-state index is -0.233. The van der Waals surface area contributed by atoms with Gasteiger partial charge in [0, 0.05) is 24.2 Å². The third-order valence-corrected chi connectivity index (χ3v) is 4.40. The molecule has 0 bridgehead atoms. The highest BCUT2D eigenvalue weighted by Crippen LogP contribution is 2.25. The monoisotopic (exact) mass is 289 g/mol. The van der Waals surface area contributed by atoms with E-state index < -0.39 is 0 Å². The standard InChI is InChI=1S/C15H19N3OS/c1-10-6-4-5-7-13(10)18(3)9-12-8-14(15(19)17-16)20-11(12)2/h4-8H,9,16H2,1-3H3,(H,17,19). The molecule has 0 aliphatic carbocycles. The van der Waals surface area contributed by atoms with Crippen molar-refractivity contribution in [1.82, 2.24) is 5.43 Å². The van der Waals surface area contributed by atoms with Crippen LogP contribution in [-0.4, -0.2) is 13.0 Å². The van der Waals surface area contributed by atoms with Crippen LogP contribution in [0.5, 0.6) is 0 Å². The summed E-state index contributed by atoms with van der Waals surface area (Å²) < 4.78 is 0. The van der Waals surface area contributed by atoms with Crippen LogP contribution in [0.2, 0.25) is 0 Å². The number of carbonyl (C=O) groups excluding carboxylic acids is 1.